The van der Waals surface area contributed by atoms with Crippen LogP contribution in [0.5, 0.6) is 0 Å². The molecule has 1 N–H and O–H groups in total. The summed E-state index contributed by atoms with van der Waals surface area (Å²) < 4.78 is 5.46. The molecule has 1 fully saturated rings. The molecule has 0 aromatic carbocycles. The van der Waals surface area contributed by atoms with E-state index in [1.807, 2.05) is 11.8 Å². The number of aromatic amines is 1. The molecule has 6 nitrogen and oxygen atoms in total. The third-order valence-corrected chi connectivity index (χ3v) is 3.91. The van der Waals surface area contributed by atoms with Gasteiger partial charge in [-0.2, -0.15) is 0 Å². The number of halogens is 1. The first kappa shape index (κ1) is 14.0. The first-order valence-corrected chi connectivity index (χ1v) is 7.07. The summed E-state index contributed by atoms with van der Waals surface area (Å²) in [7, 11) is 0. The molecule has 0 unspecified atom stereocenters. The van der Waals surface area contributed by atoms with Crippen LogP contribution >= 0.6 is 15.9 Å². The Labute approximate surface area is 119 Å². The van der Waals surface area contributed by atoms with Gasteiger partial charge in [-0.05, 0) is 35.7 Å². The van der Waals surface area contributed by atoms with E-state index in [1.54, 1.807) is 0 Å². The summed E-state index contributed by atoms with van der Waals surface area (Å²) in [6.45, 7) is 3.61. The Morgan fingerprint density at radius 1 is 1.58 bits per heavy atom. The molecule has 0 aliphatic carbocycles. The SMILES string of the molecule is CCOC(=O)C1CCN(c2nc[nH]c(=O)c2Br)CC1. The van der Waals surface area contributed by atoms with Crippen LogP contribution in [-0.4, -0.2) is 35.6 Å². The Hall–Kier alpha value is -1.37. The standard InChI is InChI=1S/C12H16BrN3O3/c1-2-19-12(18)8-3-5-16(6-4-8)10-9(13)11(17)15-7-14-10/h7-8H,2-6H2,1H3,(H,14,15,17). The Bertz CT molecular complexity index is 509. The molecule has 2 heterocycles. The summed E-state index contributed by atoms with van der Waals surface area (Å²) in [5.74, 6) is 0.461. The summed E-state index contributed by atoms with van der Waals surface area (Å²) in [5.41, 5.74) is -0.197. The van der Waals surface area contributed by atoms with E-state index in [4.69, 9.17) is 4.74 Å². The highest BCUT2D eigenvalue weighted by Crippen LogP contribution is 2.25. The van der Waals surface area contributed by atoms with Gasteiger partial charge in [0.15, 0.2) is 0 Å². The summed E-state index contributed by atoms with van der Waals surface area (Å²) >= 11 is 3.25. The molecule has 0 amide bonds. The Kier molecular flexibility index (Phi) is 4.57. The number of aromatic nitrogens is 2. The van der Waals surface area contributed by atoms with Gasteiger partial charge in [-0.1, -0.05) is 0 Å². The maximum atomic E-state index is 11.6. The molecule has 2 rings (SSSR count). The summed E-state index contributed by atoms with van der Waals surface area (Å²) in [6, 6.07) is 0. The lowest BCUT2D eigenvalue weighted by Gasteiger charge is -2.31. The smallest absolute Gasteiger partial charge is 0.309 e. The topological polar surface area (TPSA) is 75.3 Å². The van der Waals surface area contributed by atoms with E-state index in [-0.39, 0.29) is 17.4 Å². The quantitative estimate of drug-likeness (QED) is 0.846. The van der Waals surface area contributed by atoms with Crippen molar-refractivity contribution in [1.82, 2.24) is 9.97 Å². The van der Waals surface area contributed by atoms with Gasteiger partial charge in [-0.15, -0.1) is 0 Å². The second kappa shape index (κ2) is 6.18. The Morgan fingerprint density at radius 2 is 2.26 bits per heavy atom. The highest BCUT2D eigenvalue weighted by atomic mass is 79.9. The molecule has 0 bridgehead atoms. The van der Waals surface area contributed by atoms with Gasteiger partial charge in [0.1, 0.15) is 10.3 Å². The molecule has 1 aliphatic rings. The van der Waals surface area contributed by atoms with E-state index in [9.17, 15) is 9.59 Å². The second-order valence-electron chi connectivity index (χ2n) is 4.38. The van der Waals surface area contributed by atoms with Gasteiger partial charge >= 0.3 is 5.97 Å². The molecular weight excluding hydrogens is 314 g/mol. The average molecular weight is 330 g/mol. The van der Waals surface area contributed by atoms with E-state index >= 15 is 0 Å². The molecule has 7 heteroatoms. The largest absolute Gasteiger partial charge is 0.466 e. The minimum Gasteiger partial charge on any atom is -0.466 e. The number of carbonyl (C=O) groups is 1. The molecule has 19 heavy (non-hydrogen) atoms. The zero-order chi connectivity index (χ0) is 13.8. The van der Waals surface area contributed by atoms with Gasteiger partial charge < -0.3 is 14.6 Å². The van der Waals surface area contributed by atoms with Crippen LogP contribution < -0.4 is 10.5 Å². The number of hydrogen-bond donors (Lipinski definition) is 1. The first-order valence-electron chi connectivity index (χ1n) is 6.28. The van der Waals surface area contributed by atoms with E-state index in [0.717, 1.165) is 12.8 Å². The predicted molar refractivity (Wildman–Crippen MR) is 74.1 cm³/mol. The van der Waals surface area contributed by atoms with Crippen LogP contribution in [0.25, 0.3) is 0 Å². The number of ether oxygens (including phenoxy) is 1. The lowest BCUT2D eigenvalue weighted by Crippen LogP contribution is -2.38. The third-order valence-electron chi connectivity index (χ3n) is 3.19. The second-order valence-corrected chi connectivity index (χ2v) is 5.18. The van der Waals surface area contributed by atoms with Crippen LogP contribution in [0, 0.1) is 5.92 Å². The fourth-order valence-corrected chi connectivity index (χ4v) is 2.65. The number of hydrogen-bond acceptors (Lipinski definition) is 5. The van der Waals surface area contributed by atoms with E-state index in [1.165, 1.54) is 6.33 Å². The minimum absolute atomic E-state index is 0.0445. The van der Waals surface area contributed by atoms with Crippen LogP contribution in [0.3, 0.4) is 0 Å². The minimum atomic E-state index is -0.197. The van der Waals surface area contributed by atoms with Crippen molar-refractivity contribution in [1.29, 1.82) is 0 Å². The lowest BCUT2D eigenvalue weighted by atomic mass is 9.97. The van der Waals surface area contributed by atoms with Crippen molar-refractivity contribution < 1.29 is 9.53 Å². The van der Waals surface area contributed by atoms with E-state index in [0.29, 0.717) is 30.0 Å². The van der Waals surface area contributed by atoms with Crippen LogP contribution in [0.4, 0.5) is 5.82 Å². The zero-order valence-corrected chi connectivity index (χ0v) is 12.3. The van der Waals surface area contributed by atoms with Gasteiger partial charge in [-0.25, -0.2) is 4.98 Å². The molecule has 1 aromatic rings. The molecule has 0 spiro atoms. The van der Waals surface area contributed by atoms with Crippen molar-refractivity contribution in [2.45, 2.75) is 19.8 Å². The fourth-order valence-electron chi connectivity index (χ4n) is 2.18. The fraction of sp³-hybridized carbons (Fsp3) is 0.583. The number of anilines is 1. The van der Waals surface area contributed by atoms with Crippen LogP contribution in [0.15, 0.2) is 15.6 Å². The number of esters is 1. The lowest BCUT2D eigenvalue weighted by molar-refractivity contribution is -0.148. The van der Waals surface area contributed by atoms with Gasteiger partial charge in [0.25, 0.3) is 5.56 Å². The van der Waals surface area contributed by atoms with Crippen molar-refractivity contribution in [3.63, 3.8) is 0 Å². The Morgan fingerprint density at radius 3 is 2.89 bits per heavy atom. The monoisotopic (exact) mass is 329 g/mol. The molecule has 1 saturated heterocycles. The number of H-pyrrole nitrogens is 1. The average Bonchev–Trinajstić information content (AvgIpc) is 2.42. The number of rotatable bonds is 3. The zero-order valence-electron chi connectivity index (χ0n) is 10.7. The van der Waals surface area contributed by atoms with Crippen LogP contribution in [0.1, 0.15) is 19.8 Å². The van der Waals surface area contributed by atoms with Crippen molar-refractivity contribution in [2.24, 2.45) is 5.92 Å². The Balaban J connectivity index is 2.02. The maximum Gasteiger partial charge on any atom is 0.309 e. The van der Waals surface area contributed by atoms with Gasteiger partial charge in [0.05, 0.1) is 18.9 Å². The molecule has 0 radical (unpaired) electrons. The number of piperidine rings is 1. The molecule has 0 atom stereocenters. The van der Waals surface area contributed by atoms with Gasteiger partial charge in [-0.3, -0.25) is 9.59 Å². The van der Waals surface area contributed by atoms with Crippen molar-refractivity contribution in [2.75, 3.05) is 24.6 Å². The van der Waals surface area contributed by atoms with Crippen molar-refractivity contribution in [3.05, 3.63) is 21.2 Å². The van der Waals surface area contributed by atoms with Crippen molar-refractivity contribution in [3.8, 4) is 0 Å². The highest BCUT2D eigenvalue weighted by molar-refractivity contribution is 9.10. The number of nitrogens with zero attached hydrogens (tertiary/aromatic N) is 2. The third kappa shape index (κ3) is 3.15. The van der Waals surface area contributed by atoms with Crippen LogP contribution in [-0.2, 0) is 9.53 Å². The van der Waals surface area contributed by atoms with Gasteiger partial charge in [0, 0.05) is 13.1 Å². The summed E-state index contributed by atoms with van der Waals surface area (Å²) in [4.78, 5) is 31.8. The summed E-state index contributed by atoms with van der Waals surface area (Å²) in [5, 5.41) is 0. The first-order chi connectivity index (χ1) is 9.13. The van der Waals surface area contributed by atoms with Crippen LogP contribution in [0.2, 0.25) is 0 Å². The predicted octanol–water partition coefficient (Wildman–Crippen LogP) is 1.31. The molecular formula is C12H16BrN3O3. The normalized spacial score (nSPS) is 16.4. The van der Waals surface area contributed by atoms with E-state index in [2.05, 4.69) is 25.9 Å². The van der Waals surface area contributed by atoms with Gasteiger partial charge in [0.2, 0.25) is 0 Å². The number of carbonyl (C=O) groups excluding carboxylic acids is 1. The molecule has 1 aliphatic heterocycles. The van der Waals surface area contributed by atoms with E-state index < -0.39 is 0 Å². The molecule has 0 saturated carbocycles. The maximum absolute atomic E-state index is 11.6. The van der Waals surface area contributed by atoms with Crippen molar-refractivity contribution >= 4 is 27.7 Å². The molecule has 104 valence electrons. The molecule has 1 aromatic heterocycles. The highest BCUT2D eigenvalue weighted by Gasteiger charge is 2.27. The number of nitrogens with one attached hydrogen (secondary N) is 1. The summed E-state index contributed by atoms with van der Waals surface area (Å²) in [6.07, 6.45) is 2.83.